The van der Waals surface area contributed by atoms with Crippen molar-refractivity contribution in [3.8, 4) is 21.9 Å². The Kier molecular flexibility index (Phi) is 4.62. The van der Waals surface area contributed by atoms with Gasteiger partial charge in [-0.05, 0) is 18.2 Å². The molecule has 4 heterocycles. The lowest BCUT2D eigenvalue weighted by molar-refractivity contribution is 0.415. The third-order valence-electron chi connectivity index (χ3n) is 4.94. The van der Waals surface area contributed by atoms with Gasteiger partial charge in [-0.15, -0.1) is 11.3 Å². The van der Waals surface area contributed by atoms with Gasteiger partial charge in [-0.1, -0.05) is 23.2 Å². The number of thiophene rings is 1. The SMILES string of the molecule is COc1cc(-c2cc3[nH]c(=O)n(-c4cncc5cnn(C)c45)c(=O)c3s2)c(Cl)cc1Cl. The van der Waals surface area contributed by atoms with E-state index < -0.39 is 11.2 Å². The van der Waals surface area contributed by atoms with E-state index in [-0.39, 0.29) is 0 Å². The minimum Gasteiger partial charge on any atom is -0.495 e. The van der Waals surface area contributed by atoms with Crippen LogP contribution in [0, 0.1) is 0 Å². The highest BCUT2D eigenvalue weighted by molar-refractivity contribution is 7.22. The number of ether oxygens (including phenoxy) is 1. The van der Waals surface area contributed by atoms with Crippen LogP contribution in [-0.4, -0.2) is 31.4 Å². The Balaban J connectivity index is 1.78. The second-order valence-corrected chi connectivity index (χ2v) is 8.62. The molecule has 1 aromatic carbocycles. The number of pyridine rings is 1. The van der Waals surface area contributed by atoms with E-state index in [1.165, 1.54) is 24.6 Å². The second kappa shape index (κ2) is 7.23. The topological polar surface area (TPSA) is 94.8 Å². The van der Waals surface area contributed by atoms with E-state index in [0.717, 1.165) is 9.95 Å². The Morgan fingerprint density at radius 1 is 1.10 bits per heavy atom. The molecule has 0 fully saturated rings. The number of benzene rings is 1. The van der Waals surface area contributed by atoms with Crippen LogP contribution in [0.1, 0.15) is 0 Å². The average molecular weight is 474 g/mol. The summed E-state index contributed by atoms with van der Waals surface area (Å²) in [5, 5.41) is 5.70. The van der Waals surface area contributed by atoms with Crippen molar-refractivity contribution in [2.24, 2.45) is 7.05 Å². The maximum atomic E-state index is 13.4. The lowest BCUT2D eigenvalue weighted by atomic mass is 10.1. The quantitative estimate of drug-likeness (QED) is 0.427. The van der Waals surface area contributed by atoms with Crippen molar-refractivity contribution in [3.05, 3.63) is 67.7 Å². The number of aryl methyl sites for hydroxylation is 1. The fourth-order valence-electron chi connectivity index (χ4n) is 3.51. The fourth-order valence-corrected chi connectivity index (χ4v) is 5.20. The summed E-state index contributed by atoms with van der Waals surface area (Å²) in [7, 11) is 3.25. The number of aromatic nitrogens is 5. The molecule has 0 bridgehead atoms. The monoisotopic (exact) mass is 473 g/mol. The number of nitrogens with zero attached hydrogens (tertiary/aromatic N) is 4. The van der Waals surface area contributed by atoms with E-state index in [1.807, 2.05) is 0 Å². The molecular weight excluding hydrogens is 461 g/mol. The summed E-state index contributed by atoms with van der Waals surface area (Å²) in [4.78, 5) is 33.9. The molecule has 4 aromatic heterocycles. The van der Waals surface area contributed by atoms with Crippen LogP contribution in [-0.2, 0) is 7.05 Å². The van der Waals surface area contributed by atoms with Crippen LogP contribution in [0.5, 0.6) is 5.75 Å². The molecule has 31 heavy (non-hydrogen) atoms. The van der Waals surface area contributed by atoms with Gasteiger partial charge in [0.15, 0.2) is 0 Å². The van der Waals surface area contributed by atoms with Gasteiger partial charge >= 0.3 is 5.69 Å². The first kappa shape index (κ1) is 19.8. The van der Waals surface area contributed by atoms with Gasteiger partial charge in [0.1, 0.15) is 10.4 Å². The Labute approximate surface area is 188 Å². The van der Waals surface area contributed by atoms with Gasteiger partial charge in [0, 0.05) is 29.1 Å². The van der Waals surface area contributed by atoms with Crippen LogP contribution in [0.25, 0.3) is 37.2 Å². The summed E-state index contributed by atoms with van der Waals surface area (Å²) in [6, 6.07) is 4.99. The minimum absolute atomic E-state index is 0.354. The highest BCUT2D eigenvalue weighted by Crippen LogP contribution is 2.40. The van der Waals surface area contributed by atoms with E-state index in [2.05, 4.69) is 15.1 Å². The summed E-state index contributed by atoms with van der Waals surface area (Å²) < 4.78 is 8.32. The van der Waals surface area contributed by atoms with Crippen molar-refractivity contribution in [2.45, 2.75) is 0 Å². The molecule has 0 aliphatic carbocycles. The Hall–Kier alpha value is -3.14. The first-order chi connectivity index (χ1) is 14.9. The summed E-state index contributed by atoms with van der Waals surface area (Å²) in [5.74, 6) is 0.457. The highest BCUT2D eigenvalue weighted by Gasteiger charge is 2.19. The average Bonchev–Trinajstić information content (AvgIpc) is 3.32. The number of H-pyrrole nitrogens is 1. The van der Waals surface area contributed by atoms with Gasteiger partial charge < -0.3 is 9.72 Å². The van der Waals surface area contributed by atoms with Crippen LogP contribution in [0.3, 0.4) is 0 Å². The summed E-state index contributed by atoms with van der Waals surface area (Å²) >= 11 is 13.7. The lowest BCUT2D eigenvalue weighted by Gasteiger charge is -2.07. The van der Waals surface area contributed by atoms with Gasteiger partial charge in [-0.2, -0.15) is 5.10 Å². The molecule has 0 unspecified atom stereocenters. The zero-order valence-corrected chi connectivity index (χ0v) is 18.5. The van der Waals surface area contributed by atoms with Crippen molar-refractivity contribution < 1.29 is 4.74 Å². The predicted molar refractivity (Wildman–Crippen MR) is 122 cm³/mol. The molecule has 5 aromatic rings. The molecule has 156 valence electrons. The largest absolute Gasteiger partial charge is 0.495 e. The van der Waals surface area contributed by atoms with Gasteiger partial charge in [0.05, 0.1) is 46.3 Å². The normalized spacial score (nSPS) is 11.5. The molecule has 0 spiro atoms. The second-order valence-electron chi connectivity index (χ2n) is 6.76. The van der Waals surface area contributed by atoms with Gasteiger partial charge in [-0.25, -0.2) is 9.36 Å². The van der Waals surface area contributed by atoms with Crippen molar-refractivity contribution in [1.82, 2.24) is 24.3 Å². The molecule has 0 atom stereocenters. The van der Waals surface area contributed by atoms with Gasteiger partial charge in [-0.3, -0.25) is 14.5 Å². The number of fused-ring (bicyclic) bond motifs is 2. The van der Waals surface area contributed by atoms with Crippen LogP contribution in [0.4, 0.5) is 0 Å². The molecule has 1 N–H and O–H groups in total. The van der Waals surface area contributed by atoms with Crippen LogP contribution >= 0.6 is 34.5 Å². The molecule has 0 amide bonds. The minimum atomic E-state index is -0.572. The highest BCUT2D eigenvalue weighted by atomic mass is 35.5. The van der Waals surface area contributed by atoms with Gasteiger partial charge in [0.25, 0.3) is 5.56 Å². The lowest BCUT2D eigenvalue weighted by Crippen LogP contribution is -2.33. The van der Waals surface area contributed by atoms with E-state index in [0.29, 0.717) is 47.7 Å². The molecule has 11 heteroatoms. The number of methoxy groups -OCH3 is 1. The standard InChI is InChI=1S/C20H13Cl2N5O3S/c1-26-17-9(7-24-26)6-23-8-14(17)27-19(28)18-13(25-20(27)29)5-16(31-18)10-3-15(30-2)12(22)4-11(10)21/h3-8H,1-2H3,(H,25,29). The Morgan fingerprint density at radius 2 is 1.90 bits per heavy atom. The molecule has 0 saturated heterocycles. The third-order valence-corrected chi connectivity index (χ3v) is 6.71. The molecule has 0 aliphatic rings. The van der Waals surface area contributed by atoms with Crippen LogP contribution < -0.4 is 16.0 Å². The van der Waals surface area contributed by atoms with Gasteiger partial charge in [0.2, 0.25) is 0 Å². The molecule has 0 saturated carbocycles. The molecular formula is C20H13Cl2N5O3S. The molecule has 0 radical (unpaired) electrons. The summed E-state index contributed by atoms with van der Waals surface area (Å²) in [6.07, 6.45) is 4.73. The number of hydrogen-bond acceptors (Lipinski definition) is 6. The van der Waals surface area contributed by atoms with Crippen molar-refractivity contribution in [3.63, 3.8) is 0 Å². The van der Waals surface area contributed by atoms with Crippen LogP contribution in [0.15, 0.2) is 46.4 Å². The molecule has 5 rings (SSSR count). The number of nitrogens with one attached hydrogen (secondary N) is 1. The smallest absolute Gasteiger partial charge is 0.333 e. The first-order valence-corrected chi connectivity index (χ1v) is 10.5. The molecule has 0 aliphatic heterocycles. The zero-order chi connectivity index (χ0) is 21.9. The summed E-state index contributed by atoms with van der Waals surface area (Å²) in [5.41, 5.74) is 1.02. The van der Waals surface area contributed by atoms with E-state index >= 15 is 0 Å². The van der Waals surface area contributed by atoms with E-state index in [1.54, 1.807) is 42.3 Å². The Morgan fingerprint density at radius 3 is 2.68 bits per heavy atom. The van der Waals surface area contributed by atoms with E-state index in [9.17, 15) is 9.59 Å². The number of halogens is 2. The Bertz CT molecular complexity index is 1620. The van der Waals surface area contributed by atoms with Crippen molar-refractivity contribution in [2.75, 3.05) is 7.11 Å². The maximum absolute atomic E-state index is 13.4. The van der Waals surface area contributed by atoms with E-state index in [4.69, 9.17) is 27.9 Å². The fraction of sp³-hybridized carbons (Fsp3) is 0.100. The van der Waals surface area contributed by atoms with Crippen LogP contribution in [0.2, 0.25) is 10.0 Å². The number of aromatic amines is 1. The van der Waals surface area contributed by atoms with Crippen molar-refractivity contribution in [1.29, 1.82) is 0 Å². The third kappa shape index (κ3) is 3.04. The summed E-state index contributed by atoms with van der Waals surface area (Å²) in [6.45, 7) is 0. The van der Waals surface area contributed by atoms with Crippen molar-refractivity contribution >= 4 is 55.7 Å². The maximum Gasteiger partial charge on any atom is 0.333 e. The zero-order valence-electron chi connectivity index (χ0n) is 16.1. The molecule has 8 nitrogen and oxygen atoms in total. The number of hydrogen-bond donors (Lipinski definition) is 1. The number of rotatable bonds is 3. The predicted octanol–water partition coefficient (Wildman–Crippen LogP) is 4.00. The first-order valence-electron chi connectivity index (χ1n) is 8.97.